The standard InChI is InChI=1S/C15H21N3O3/c1-17-8-5-9-18(11-10-17)15(21)16-13(14(19)20)12-6-3-2-4-7-12/h2-4,6-7,13H,5,8-11H2,1H3,(H,16,21)(H,19,20)/t13-/m0/s1. The van der Waals surface area contributed by atoms with Crippen LogP contribution in [-0.2, 0) is 4.79 Å². The normalized spacial score (nSPS) is 17.9. The van der Waals surface area contributed by atoms with Gasteiger partial charge < -0.3 is 20.2 Å². The van der Waals surface area contributed by atoms with E-state index >= 15 is 0 Å². The first-order valence-electron chi connectivity index (χ1n) is 7.09. The Balaban J connectivity index is 2.03. The van der Waals surface area contributed by atoms with E-state index in [1.54, 1.807) is 29.2 Å². The number of rotatable bonds is 3. The van der Waals surface area contributed by atoms with Crippen LogP contribution in [0.5, 0.6) is 0 Å². The molecule has 2 N–H and O–H groups in total. The van der Waals surface area contributed by atoms with Gasteiger partial charge in [-0.3, -0.25) is 0 Å². The molecule has 0 spiro atoms. The molecule has 0 aromatic heterocycles. The summed E-state index contributed by atoms with van der Waals surface area (Å²) in [6.45, 7) is 3.02. The Bertz CT molecular complexity index is 492. The second kappa shape index (κ2) is 7.08. The fourth-order valence-electron chi connectivity index (χ4n) is 2.40. The van der Waals surface area contributed by atoms with E-state index in [1.165, 1.54) is 0 Å². The van der Waals surface area contributed by atoms with Gasteiger partial charge >= 0.3 is 12.0 Å². The zero-order valence-corrected chi connectivity index (χ0v) is 12.2. The van der Waals surface area contributed by atoms with E-state index in [-0.39, 0.29) is 6.03 Å². The Morgan fingerprint density at radius 1 is 1.14 bits per heavy atom. The maximum absolute atomic E-state index is 12.3. The fourth-order valence-corrected chi connectivity index (χ4v) is 2.40. The molecular formula is C15H21N3O3. The van der Waals surface area contributed by atoms with Crippen molar-refractivity contribution in [3.63, 3.8) is 0 Å². The lowest BCUT2D eigenvalue weighted by molar-refractivity contribution is -0.139. The Morgan fingerprint density at radius 2 is 1.86 bits per heavy atom. The second-order valence-electron chi connectivity index (χ2n) is 5.28. The van der Waals surface area contributed by atoms with Crippen LogP contribution in [0.1, 0.15) is 18.0 Å². The van der Waals surface area contributed by atoms with E-state index in [0.717, 1.165) is 19.5 Å². The molecule has 1 fully saturated rings. The fraction of sp³-hybridized carbons (Fsp3) is 0.467. The van der Waals surface area contributed by atoms with Crippen LogP contribution in [0, 0.1) is 0 Å². The first-order valence-corrected chi connectivity index (χ1v) is 7.09. The van der Waals surface area contributed by atoms with Gasteiger partial charge in [-0.1, -0.05) is 30.3 Å². The van der Waals surface area contributed by atoms with Crippen molar-refractivity contribution in [2.45, 2.75) is 12.5 Å². The number of benzene rings is 1. The van der Waals surface area contributed by atoms with Crippen molar-refractivity contribution in [1.82, 2.24) is 15.1 Å². The van der Waals surface area contributed by atoms with Gasteiger partial charge in [0.15, 0.2) is 6.04 Å². The first kappa shape index (κ1) is 15.3. The van der Waals surface area contributed by atoms with Crippen LogP contribution in [0.4, 0.5) is 4.79 Å². The molecule has 0 unspecified atom stereocenters. The minimum Gasteiger partial charge on any atom is -0.479 e. The summed E-state index contributed by atoms with van der Waals surface area (Å²) in [6.07, 6.45) is 0.896. The minimum atomic E-state index is -1.05. The minimum absolute atomic E-state index is 0.318. The van der Waals surface area contributed by atoms with Crippen LogP contribution < -0.4 is 5.32 Å². The summed E-state index contributed by atoms with van der Waals surface area (Å²) >= 11 is 0. The Morgan fingerprint density at radius 3 is 2.52 bits per heavy atom. The number of nitrogens with zero attached hydrogens (tertiary/aromatic N) is 2. The summed E-state index contributed by atoms with van der Waals surface area (Å²) in [7, 11) is 2.02. The van der Waals surface area contributed by atoms with Crippen LogP contribution in [-0.4, -0.2) is 60.1 Å². The molecule has 1 aromatic rings. The average Bonchev–Trinajstić information content (AvgIpc) is 2.70. The number of carbonyl (C=O) groups is 2. The van der Waals surface area contributed by atoms with Gasteiger partial charge in [0, 0.05) is 19.6 Å². The molecule has 1 heterocycles. The summed E-state index contributed by atoms with van der Waals surface area (Å²) in [5.41, 5.74) is 0.574. The van der Waals surface area contributed by atoms with Crippen molar-refractivity contribution < 1.29 is 14.7 Å². The molecule has 1 aromatic carbocycles. The predicted molar refractivity (Wildman–Crippen MR) is 79.0 cm³/mol. The summed E-state index contributed by atoms with van der Waals surface area (Å²) in [4.78, 5) is 27.5. The third-order valence-electron chi connectivity index (χ3n) is 3.65. The number of carboxylic acids is 1. The van der Waals surface area contributed by atoms with E-state index in [9.17, 15) is 14.7 Å². The van der Waals surface area contributed by atoms with Crippen molar-refractivity contribution in [1.29, 1.82) is 0 Å². The first-order chi connectivity index (χ1) is 10.1. The summed E-state index contributed by atoms with van der Waals surface area (Å²) in [5.74, 6) is -1.05. The Kier molecular flexibility index (Phi) is 5.16. The van der Waals surface area contributed by atoms with Gasteiger partial charge in [0.2, 0.25) is 0 Å². The number of carbonyl (C=O) groups excluding carboxylic acids is 1. The smallest absolute Gasteiger partial charge is 0.330 e. The van der Waals surface area contributed by atoms with Crippen LogP contribution >= 0.6 is 0 Å². The molecule has 1 aliphatic heterocycles. The van der Waals surface area contributed by atoms with Crippen molar-refractivity contribution in [3.05, 3.63) is 35.9 Å². The quantitative estimate of drug-likeness (QED) is 0.876. The summed E-state index contributed by atoms with van der Waals surface area (Å²) < 4.78 is 0. The number of carboxylic acid groups (broad SMARTS) is 1. The van der Waals surface area contributed by atoms with E-state index in [1.807, 2.05) is 13.1 Å². The molecule has 0 bridgehead atoms. The van der Waals surface area contributed by atoms with E-state index in [2.05, 4.69) is 10.2 Å². The largest absolute Gasteiger partial charge is 0.479 e. The molecule has 6 heteroatoms. The van der Waals surface area contributed by atoms with Gasteiger partial charge in [0.25, 0.3) is 0 Å². The van der Waals surface area contributed by atoms with Crippen LogP contribution in [0.15, 0.2) is 30.3 Å². The van der Waals surface area contributed by atoms with Crippen LogP contribution in [0.2, 0.25) is 0 Å². The van der Waals surface area contributed by atoms with E-state index in [4.69, 9.17) is 0 Å². The molecule has 2 amide bonds. The Hall–Kier alpha value is -2.08. The molecule has 0 aliphatic carbocycles. The lowest BCUT2D eigenvalue weighted by Crippen LogP contribution is -2.45. The molecule has 1 atom stereocenters. The number of hydrogen-bond donors (Lipinski definition) is 2. The number of nitrogens with one attached hydrogen (secondary N) is 1. The van der Waals surface area contributed by atoms with Gasteiger partial charge in [-0.05, 0) is 25.6 Å². The van der Waals surface area contributed by atoms with Gasteiger partial charge in [-0.2, -0.15) is 0 Å². The number of hydrogen-bond acceptors (Lipinski definition) is 3. The molecular weight excluding hydrogens is 270 g/mol. The van der Waals surface area contributed by atoms with Crippen molar-refractivity contribution in [3.8, 4) is 0 Å². The SMILES string of the molecule is CN1CCCN(C(=O)N[C@H](C(=O)O)c2ccccc2)CC1. The van der Waals surface area contributed by atoms with E-state index in [0.29, 0.717) is 18.7 Å². The number of urea groups is 1. The van der Waals surface area contributed by atoms with Crippen molar-refractivity contribution >= 4 is 12.0 Å². The average molecular weight is 291 g/mol. The molecule has 2 rings (SSSR count). The highest BCUT2D eigenvalue weighted by Crippen LogP contribution is 2.13. The highest BCUT2D eigenvalue weighted by molar-refractivity contribution is 5.83. The second-order valence-corrected chi connectivity index (χ2v) is 5.28. The molecule has 6 nitrogen and oxygen atoms in total. The molecule has 1 saturated heterocycles. The van der Waals surface area contributed by atoms with Crippen molar-refractivity contribution in [2.75, 3.05) is 33.2 Å². The van der Waals surface area contributed by atoms with Crippen LogP contribution in [0.3, 0.4) is 0 Å². The third kappa shape index (κ3) is 4.19. The highest BCUT2D eigenvalue weighted by Gasteiger charge is 2.25. The monoisotopic (exact) mass is 291 g/mol. The van der Waals surface area contributed by atoms with Gasteiger partial charge in [0.05, 0.1) is 0 Å². The highest BCUT2D eigenvalue weighted by atomic mass is 16.4. The zero-order chi connectivity index (χ0) is 15.2. The van der Waals surface area contributed by atoms with Gasteiger partial charge in [-0.15, -0.1) is 0 Å². The molecule has 0 radical (unpaired) electrons. The lowest BCUT2D eigenvalue weighted by atomic mass is 10.1. The molecule has 114 valence electrons. The van der Waals surface area contributed by atoms with E-state index < -0.39 is 12.0 Å². The topological polar surface area (TPSA) is 72.9 Å². The maximum atomic E-state index is 12.3. The molecule has 21 heavy (non-hydrogen) atoms. The molecule has 0 saturated carbocycles. The zero-order valence-electron chi connectivity index (χ0n) is 12.2. The molecule has 1 aliphatic rings. The number of amides is 2. The number of aliphatic carboxylic acids is 1. The van der Waals surface area contributed by atoms with Gasteiger partial charge in [-0.25, -0.2) is 9.59 Å². The summed E-state index contributed by atoms with van der Waals surface area (Å²) in [6, 6.07) is 7.41. The third-order valence-corrected chi connectivity index (χ3v) is 3.65. The van der Waals surface area contributed by atoms with Crippen molar-refractivity contribution in [2.24, 2.45) is 0 Å². The predicted octanol–water partition coefficient (Wildman–Crippen LogP) is 1.16. The summed E-state index contributed by atoms with van der Waals surface area (Å²) in [5, 5.41) is 11.9. The lowest BCUT2D eigenvalue weighted by Gasteiger charge is -2.24. The maximum Gasteiger partial charge on any atom is 0.330 e. The Labute approximate surface area is 124 Å². The van der Waals surface area contributed by atoms with Crippen LogP contribution in [0.25, 0.3) is 0 Å². The van der Waals surface area contributed by atoms with Gasteiger partial charge in [0.1, 0.15) is 0 Å². The number of likely N-dealkylation sites (N-methyl/N-ethyl adjacent to an activating group) is 1.